The van der Waals surface area contributed by atoms with Crippen LogP contribution in [-0.2, 0) is 6.54 Å². The lowest BCUT2D eigenvalue weighted by atomic mass is 10.1. The standard InChI is InChI=1S/C16H16N4O/c1-10-8-11(2)20(16(21)19-10)9-12-5-6-14(17)13-4-3-7-18-15(12)13/h3-8H,9,17H2,1-2H3. The lowest BCUT2D eigenvalue weighted by molar-refractivity contribution is 0.696. The highest BCUT2D eigenvalue weighted by Gasteiger charge is 2.09. The smallest absolute Gasteiger partial charge is 0.348 e. The van der Waals surface area contributed by atoms with Gasteiger partial charge in [0.05, 0.1) is 12.1 Å². The summed E-state index contributed by atoms with van der Waals surface area (Å²) in [5.41, 5.74) is 9.81. The monoisotopic (exact) mass is 280 g/mol. The summed E-state index contributed by atoms with van der Waals surface area (Å²) in [5, 5.41) is 0.903. The molecule has 2 aromatic heterocycles. The molecule has 5 nitrogen and oxygen atoms in total. The molecule has 0 aliphatic carbocycles. The van der Waals surface area contributed by atoms with Gasteiger partial charge in [0, 0.05) is 28.7 Å². The lowest BCUT2D eigenvalue weighted by Gasteiger charge is -2.12. The third-order valence-electron chi connectivity index (χ3n) is 3.56. The van der Waals surface area contributed by atoms with Crippen LogP contribution in [0.25, 0.3) is 10.9 Å². The van der Waals surface area contributed by atoms with E-state index in [1.807, 2.05) is 44.2 Å². The highest BCUT2D eigenvalue weighted by Crippen LogP contribution is 2.23. The molecule has 0 saturated heterocycles. The van der Waals surface area contributed by atoms with E-state index in [1.165, 1.54) is 0 Å². The van der Waals surface area contributed by atoms with Gasteiger partial charge in [-0.25, -0.2) is 4.79 Å². The molecule has 0 saturated carbocycles. The van der Waals surface area contributed by atoms with Gasteiger partial charge in [-0.1, -0.05) is 6.07 Å². The van der Waals surface area contributed by atoms with Crippen LogP contribution in [0.4, 0.5) is 5.69 Å². The number of benzene rings is 1. The summed E-state index contributed by atoms with van der Waals surface area (Å²) < 4.78 is 1.65. The van der Waals surface area contributed by atoms with Gasteiger partial charge in [0.15, 0.2) is 0 Å². The number of hydrogen-bond donors (Lipinski definition) is 1. The quantitative estimate of drug-likeness (QED) is 0.729. The third kappa shape index (κ3) is 2.38. The number of anilines is 1. The molecule has 5 heteroatoms. The number of nitrogens with two attached hydrogens (primary N) is 1. The van der Waals surface area contributed by atoms with Crippen molar-refractivity contribution in [3.05, 3.63) is 64.0 Å². The maximum Gasteiger partial charge on any atom is 0.348 e. The van der Waals surface area contributed by atoms with E-state index in [-0.39, 0.29) is 5.69 Å². The Morgan fingerprint density at radius 2 is 2.05 bits per heavy atom. The number of nitrogen functional groups attached to an aromatic ring is 1. The molecule has 0 aliphatic heterocycles. The fourth-order valence-electron chi connectivity index (χ4n) is 2.52. The molecule has 2 heterocycles. The van der Waals surface area contributed by atoms with Crippen molar-refractivity contribution in [2.75, 3.05) is 5.73 Å². The Morgan fingerprint density at radius 3 is 2.81 bits per heavy atom. The van der Waals surface area contributed by atoms with Gasteiger partial charge >= 0.3 is 5.69 Å². The Bertz CT molecular complexity index is 883. The number of hydrogen-bond acceptors (Lipinski definition) is 4. The van der Waals surface area contributed by atoms with Crippen LogP contribution in [0.1, 0.15) is 17.0 Å². The molecule has 0 fully saturated rings. The maximum absolute atomic E-state index is 12.1. The molecular weight excluding hydrogens is 264 g/mol. The van der Waals surface area contributed by atoms with Crippen molar-refractivity contribution in [2.45, 2.75) is 20.4 Å². The SMILES string of the molecule is Cc1cc(C)n(Cc2ccc(N)c3cccnc23)c(=O)n1. The zero-order valence-electron chi connectivity index (χ0n) is 12.0. The maximum atomic E-state index is 12.1. The van der Waals surface area contributed by atoms with Gasteiger partial charge in [-0.05, 0) is 43.7 Å². The topological polar surface area (TPSA) is 73.8 Å². The fourth-order valence-corrected chi connectivity index (χ4v) is 2.52. The fraction of sp³-hybridized carbons (Fsp3) is 0.188. The summed E-state index contributed by atoms with van der Waals surface area (Å²) in [6.07, 6.45) is 1.73. The first-order valence-corrected chi connectivity index (χ1v) is 6.73. The molecule has 0 spiro atoms. The molecule has 1 aromatic carbocycles. The lowest BCUT2D eigenvalue weighted by Crippen LogP contribution is -2.26. The van der Waals surface area contributed by atoms with Crippen LogP contribution < -0.4 is 11.4 Å². The second-order valence-electron chi connectivity index (χ2n) is 5.12. The number of aryl methyl sites for hydroxylation is 2. The Labute approximate surface area is 122 Å². The van der Waals surface area contributed by atoms with Crippen molar-refractivity contribution >= 4 is 16.6 Å². The van der Waals surface area contributed by atoms with Gasteiger partial charge < -0.3 is 5.73 Å². The molecule has 0 atom stereocenters. The van der Waals surface area contributed by atoms with Crippen molar-refractivity contribution in [2.24, 2.45) is 0 Å². The molecule has 0 amide bonds. The first-order chi connectivity index (χ1) is 10.1. The molecule has 3 rings (SSSR count). The predicted molar refractivity (Wildman–Crippen MR) is 83.2 cm³/mol. The minimum absolute atomic E-state index is 0.242. The van der Waals surface area contributed by atoms with E-state index in [0.717, 1.165) is 27.9 Å². The van der Waals surface area contributed by atoms with Crippen molar-refractivity contribution in [3.63, 3.8) is 0 Å². The van der Waals surface area contributed by atoms with Crippen molar-refractivity contribution < 1.29 is 0 Å². The van der Waals surface area contributed by atoms with Gasteiger partial charge in [0.1, 0.15) is 0 Å². The highest BCUT2D eigenvalue weighted by atomic mass is 16.1. The van der Waals surface area contributed by atoms with Crippen molar-refractivity contribution in [3.8, 4) is 0 Å². The normalized spacial score (nSPS) is 11.0. The molecule has 0 bridgehead atoms. The van der Waals surface area contributed by atoms with Crippen molar-refractivity contribution in [1.82, 2.24) is 14.5 Å². The Balaban J connectivity index is 2.16. The molecule has 106 valence electrons. The third-order valence-corrected chi connectivity index (χ3v) is 3.56. The van der Waals surface area contributed by atoms with Crippen LogP contribution in [0.2, 0.25) is 0 Å². The zero-order valence-corrected chi connectivity index (χ0v) is 12.0. The van der Waals surface area contributed by atoms with Crippen LogP contribution in [-0.4, -0.2) is 14.5 Å². The minimum Gasteiger partial charge on any atom is -0.398 e. The molecule has 0 aliphatic rings. The number of aromatic nitrogens is 3. The van der Waals surface area contributed by atoms with E-state index in [4.69, 9.17) is 5.73 Å². The molecule has 2 N–H and O–H groups in total. The average Bonchev–Trinajstić information content (AvgIpc) is 2.45. The molecule has 21 heavy (non-hydrogen) atoms. The van der Waals surface area contributed by atoms with E-state index in [9.17, 15) is 4.79 Å². The molecule has 0 unspecified atom stereocenters. The Morgan fingerprint density at radius 1 is 1.24 bits per heavy atom. The summed E-state index contributed by atoms with van der Waals surface area (Å²) in [5.74, 6) is 0. The summed E-state index contributed by atoms with van der Waals surface area (Å²) >= 11 is 0. The van der Waals surface area contributed by atoms with Gasteiger partial charge in [0.2, 0.25) is 0 Å². The largest absolute Gasteiger partial charge is 0.398 e. The molecule has 3 aromatic rings. The van der Waals surface area contributed by atoms with Crippen LogP contribution in [0.3, 0.4) is 0 Å². The summed E-state index contributed by atoms with van der Waals surface area (Å²) in [4.78, 5) is 20.5. The highest BCUT2D eigenvalue weighted by molar-refractivity contribution is 5.92. The number of nitrogens with zero attached hydrogens (tertiary/aromatic N) is 3. The van der Waals surface area contributed by atoms with E-state index < -0.39 is 0 Å². The van der Waals surface area contributed by atoms with E-state index in [0.29, 0.717) is 12.2 Å². The van der Waals surface area contributed by atoms with Gasteiger partial charge in [-0.3, -0.25) is 9.55 Å². The van der Waals surface area contributed by atoms with Crippen molar-refractivity contribution in [1.29, 1.82) is 0 Å². The Hall–Kier alpha value is -2.69. The second kappa shape index (κ2) is 5.01. The van der Waals surface area contributed by atoms with Crippen LogP contribution in [0.15, 0.2) is 41.3 Å². The molecular formula is C16H16N4O. The van der Waals surface area contributed by atoms with Gasteiger partial charge in [-0.15, -0.1) is 0 Å². The van der Waals surface area contributed by atoms with E-state index >= 15 is 0 Å². The number of rotatable bonds is 2. The predicted octanol–water partition coefficient (Wildman–Crippen LogP) is 2.04. The van der Waals surface area contributed by atoms with Crippen LogP contribution in [0.5, 0.6) is 0 Å². The molecule has 0 radical (unpaired) electrons. The van der Waals surface area contributed by atoms with Gasteiger partial charge in [0.25, 0.3) is 0 Å². The first-order valence-electron chi connectivity index (χ1n) is 6.73. The summed E-state index contributed by atoms with van der Waals surface area (Å²) in [6.45, 7) is 4.16. The van der Waals surface area contributed by atoms with Crippen LogP contribution in [0, 0.1) is 13.8 Å². The summed E-state index contributed by atoms with van der Waals surface area (Å²) in [6, 6.07) is 9.45. The average molecular weight is 280 g/mol. The first kappa shape index (κ1) is 13.3. The minimum atomic E-state index is -0.242. The Kier molecular flexibility index (Phi) is 3.17. The number of fused-ring (bicyclic) bond motifs is 1. The van der Waals surface area contributed by atoms with Crippen LogP contribution >= 0.6 is 0 Å². The zero-order chi connectivity index (χ0) is 15.0. The van der Waals surface area contributed by atoms with Gasteiger partial charge in [-0.2, -0.15) is 4.98 Å². The summed E-state index contributed by atoms with van der Waals surface area (Å²) in [7, 11) is 0. The second-order valence-corrected chi connectivity index (χ2v) is 5.12. The number of pyridine rings is 1. The van der Waals surface area contributed by atoms with E-state index in [2.05, 4.69) is 9.97 Å². The van der Waals surface area contributed by atoms with E-state index in [1.54, 1.807) is 10.8 Å².